The minimum Gasteiger partial charge on any atom is -0.491 e. The molecule has 2 rings (SSSR count). The lowest BCUT2D eigenvalue weighted by atomic mass is 10.0. The van der Waals surface area contributed by atoms with Crippen molar-refractivity contribution in [1.29, 1.82) is 0 Å². The first kappa shape index (κ1) is 24.2. The summed E-state index contributed by atoms with van der Waals surface area (Å²) in [6.07, 6.45) is -4.39. The number of hydrogen-bond donors (Lipinski definition) is 1. The Labute approximate surface area is 178 Å². The van der Waals surface area contributed by atoms with Gasteiger partial charge in [0.05, 0.1) is 17.7 Å². The molecule has 1 N–H and O–H groups in total. The van der Waals surface area contributed by atoms with Gasteiger partial charge in [0.25, 0.3) is 5.91 Å². The molecule has 0 aromatic heterocycles. The van der Waals surface area contributed by atoms with Gasteiger partial charge in [-0.3, -0.25) is 9.59 Å². The van der Waals surface area contributed by atoms with Crippen LogP contribution in [0.25, 0.3) is 0 Å². The number of halogens is 3. The zero-order chi connectivity index (χ0) is 22.9. The van der Waals surface area contributed by atoms with E-state index >= 15 is 0 Å². The summed E-state index contributed by atoms with van der Waals surface area (Å²) in [5.41, 5.74) is -1.03. The molecule has 0 spiro atoms. The number of nitrogens with one attached hydrogen (secondary N) is 1. The molecule has 31 heavy (non-hydrogen) atoms. The van der Waals surface area contributed by atoms with Crippen molar-refractivity contribution in [2.75, 3.05) is 26.4 Å². The normalized spacial score (nSPS) is 11.1. The Hall–Kier alpha value is -3.07. The van der Waals surface area contributed by atoms with Crippen LogP contribution in [-0.2, 0) is 22.1 Å². The lowest BCUT2D eigenvalue weighted by molar-refractivity contribution is -0.139. The van der Waals surface area contributed by atoms with Gasteiger partial charge < -0.3 is 19.5 Å². The van der Waals surface area contributed by atoms with Gasteiger partial charge in [-0.25, -0.2) is 0 Å². The molecule has 0 aliphatic rings. The molecule has 0 atom stereocenters. The molecule has 0 fully saturated rings. The van der Waals surface area contributed by atoms with E-state index in [2.05, 4.69) is 5.32 Å². The number of alkyl halides is 3. The van der Waals surface area contributed by atoms with Crippen LogP contribution in [-0.4, -0.2) is 38.2 Å². The molecule has 2 aromatic carbocycles. The van der Waals surface area contributed by atoms with Gasteiger partial charge in [0.2, 0.25) is 0 Å². The van der Waals surface area contributed by atoms with Gasteiger partial charge in [-0.1, -0.05) is 18.2 Å². The number of amides is 1. The Morgan fingerprint density at radius 2 is 1.74 bits per heavy atom. The zero-order valence-corrected chi connectivity index (χ0v) is 17.3. The van der Waals surface area contributed by atoms with Crippen molar-refractivity contribution >= 4 is 11.9 Å². The van der Waals surface area contributed by atoms with Gasteiger partial charge in [0, 0.05) is 20.1 Å². The SMILES string of the molecule is CCOCCOc1ccc(CCNC(=O)c2c(OC(C)=O)cccc2C(F)(F)F)cc1. The maximum Gasteiger partial charge on any atom is 0.417 e. The second-order valence-corrected chi connectivity index (χ2v) is 6.47. The van der Waals surface area contributed by atoms with E-state index in [1.807, 2.05) is 6.92 Å². The van der Waals surface area contributed by atoms with Crippen molar-refractivity contribution in [1.82, 2.24) is 5.32 Å². The molecule has 0 saturated carbocycles. The maximum atomic E-state index is 13.3. The summed E-state index contributed by atoms with van der Waals surface area (Å²) in [7, 11) is 0. The molecule has 0 radical (unpaired) electrons. The van der Waals surface area contributed by atoms with Crippen molar-refractivity contribution < 1.29 is 37.0 Å². The maximum absolute atomic E-state index is 13.3. The van der Waals surface area contributed by atoms with Crippen LogP contribution in [0.15, 0.2) is 42.5 Å². The molecular weight excluding hydrogens is 415 g/mol. The number of ether oxygens (including phenoxy) is 3. The highest BCUT2D eigenvalue weighted by molar-refractivity contribution is 5.99. The van der Waals surface area contributed by atoms with E-state index in [4.69, 9.17) is 14.2 Å². The molecule has 0 aliphatic carbocycles. The third-order valence-electron chi connectivity index (χ3n) is 4.14. The first-order valence-corrected chi connectivity index (χ1v) is 9.68. The second-order valence-electron chi connectivity index (χ2n) is 6.47. The van der Waals surface area contributed by atoms with Gasteiger partial charge in [0.15, 0.2) is 0 Å². The van der Waals surface area contributed by atoms with Crippen molar-refractivity contribution in [3.63, 3.8) is 0 Å². The van der Waals surface area contributed by atoms with E-state index in [0.29, 0.717) is 32.0 Å². The van der Waals surface area contributed by atoms with Crippen LogP contribution >= 0.6 is 0 Å². The fourth-order valence-electron chi connectivity index (χ4n) is 2.77. The minimum atomic E-state index is -4.78. The van der Waals surface area contributed by atoms with E-state index in [0.717, 1.165) is 30.7 Å². The number of benzene rings is 2. The highest BCUT2D eigenvalue weighted by Gasteiger charge is 2.37. The van der Waals surface area contributed by atoms with Gasteiger partial charge >= 0.3 is 12.1 Å². The van der Waals surface area contributed by atoms with Crippen molar-refractivity contribution in [3.8, 4) is 11.5 Å². The lowest BCUT2D eigenvalue weighted by Crippen LogP contribution is -2.29. The van der Waals surface area contributed by atoms with Crippen LogP contribution < -0.4 is 14.8 Å². The van der Waals surface area contributed by atoms with Gasteiger partial charge in [-0.05, 0) is 43.2 Å². The number of rotatable bonds is 10. The van der Waals surface area contributed by atoms with Crippen LogP contribution in [0.1, 0.15) is 35.3 Å². The molecule has 6 nitrogen and oxygen atoms in total. The highest BCUT2D eigenvalue weighted by atomic mass is 19.4. The molecule has 9 heteroatoms. The number of carbonyl (C=O) groups excluding carboxylic acids is 2. The Morgan fingerprint density at radius 1 is 1.03 bits per heavy atom. The molecule has 0 aliphatic heterocycles. The average molecular weight is 439 g/mol. The summed E-state index contributed by atoms with van der Waals surface area (Å²) in [6, 6.07) is 10.1. The molecule has 0 bridgehead atoms. The Morgan fingerprint density at radius 3 is 2.35 bits per heavy atom. The van der Waals surface area contributed by atoms with E-state index in [1.165, 1.54) is 0 Å². The number of esters is 1. The quantitative estimate of drug-likeness (QED) is 0.344. The summed E-state index contributed by atoms with van der Waals surface area (Å²) in [5.74, 6) is -1.57. The van der Waals surface area contributed by atoms with Crippen molar-refractivity contribution in [2.45, 2.75) is 26.4 Å². The third kappa shape index (κ3) is 7.60. The van der Waals surface area contributed by atoms with Crippen LogP contribution in [0.5, 0.6) is 11.5 Å². The molecule has 0 heterocycles. The standard InChI is InChI=1S/C22H24F3NO5/c1-3-29-13-14-30-17-9-7-16(8-10-17)11-12-26-21(28)20-18(22(23,24)25)5-4-6-19(20)31-15(2)27/h4-10H,3,11-14H2,1-2H3,(H,26,28). The monoisotopic (exact) mass is 439 g/mol. The van der Waals surface area contributed by atoms with Gasteiger partial charge in [-0.2, -0.15) is 13.2 Å². The van der Waals surface area contributed by atoms with E-state index in [1.54, 1.807) is 24.3 Å². The Balaban J connectivity index is 2.00. The van der Waals surface area contributed by atoms with Crippen LogP contribution in [0.2, 0.25) is 0 Å². The topological polar surface area (TPSA) is 73.9 Å². The van der Waals surface area contributed by atoms with E-state index in [-0.39, 0.29) is 6.54 Å². The molecule has 0 unspecified atom stereocenters. The minimum absolute atomic E-state index is 0.0923. The van der Waals surface area contributed by atoms with Crippen LogP contribution in [0, 0.1) is 0 Å². The smallest absolute Gasteiger partial charge is 0.417 e. The van der Waals surface area contributed by atoms with Crippen molar-refractivity contribution in [2.24, 2.45) is 0 Å². The van der Waals surface area contributed by atoms with E-state index in [9.17, 15) is 22.8 Å². The summed E-state index contributed by atoms with van der Waals surface area (Å²) in [6.45, 7) is 4.56. The number of hydrogen-bond acceptors (Lipinski definition) is 5. The van der Waals surface area contributed by atoms with Gasteiger partial charge in [0.1, 0.15) is 18.1 Å². The lowest BCUT2D eigenvalue weighted by Gasteiger charge is -2.16. The average Bonchev–Trinajstić information content (AvgIpc) is 2.71. The number of carbonyl (C=O) groups is 2. The fraction of sp³-hybridized carbons (Fsp3) is 0.364. The highest BCUT2D eigenvalue weighted by Crippen LogP contribution is 2.36. The summed E-state index contributed by atoms with van der Waals surface area (Å²) in [5, 5.41) is 2.46. The van der Waals surface area contributed by atoms with Crippen molar-refractivity contribution in [3.05, 3.63) is 59.2 Å². The Kier molecular flexibility index (Phi) is 8.87. The molecule has 0 saturated heterocycles. The summed E-state index contributed by atoms with van der Waals surface area (Å²) >= 11 is 0. The zero-order valence-electron chi connectivity index (χ0n) is 17.3. The van der Waals surface area contributed by atoms with E-state index < -0.39 is 34.9 Å². The van der Waals surface area contributed by atoms with Crippen LogP contribution in [0.3, 0.4) is 0 Å². The molecule has 2 aromatic rings. The predicted octanol–water partition coefficient (Wildman–Crippen LogP) is 4.02. The fourth-order valence-corrected chi connectivity index (χ4v) is 2.77. The largest absolute Gasteiger partial charge is 0.491 e. The summed E-state index contributed by atoms with van der Waals surface area (Å²) in [4.78, 5) is 23.7. The molecule has 168 valence electrons. The summed E-state index contributed by atoms with van der Waals surface area (Å²) < 4.78 is 55.5. The molecular formula is C22H24F3NO5. The second kappa shape index (κ2) is 11.4. The van der Waals surface area contributed by atoms with Crippen LogP contribution in [0.4, 0.5) is 13.2 Å². The first-order valence-electron chi connectivity index (χ1n) is 9.68. The third-order valence-corrected chi connectivity index (χ3v) is 4.14. The van der Waals surface area contributed by atoms with Gasteiger partial charge in [-0.15, -0.1) is 0 Å². The molecule has 1 amide bonds. The first-order chi connectivity index (χ1) is 14.7. The predicted molar refractivity (Wildman–Crippen MR) is 107 cm³/mol. The Bertz CT molecular complexity index is 882.